The predicted octanol–water partition coefficient (Wildman–Crippen LogP) is 0.987. The molecule has 1 aliphatic carbocycles. The Morgan fingerprint density at radius 3 is 2.35 bits per heavy atom. The molecule has 3 aliphatic rings. The van der Waals surface area contributed by atoms with Crippen LogP contribution >= 0.6 is 0 Å². The summed E-state index contributed by atoms with van der Waals surface area (Å²) in [6.07, 6.45) is 4.64. The van der Waals surface area contributed by atoms with Crippen molar-refractivity contribution in [1.82, 2.24) is 25.3 Å². The first-order chi connectivity index (χ1) is 15.0. The zero-order valence-electron chi connectivity index (χ0n) is 20.0. The largest absolute Gasteiger partial charge is 0.379 e. The van der Waals surface area contributed by atoms with Gasteiger partial charge in [-0.15, -0.1) is 0 Å². The van der Waals surface area contributed by atoms with E-state index in [9.17, 15) is 4.79 Å². The molecule has 0 aromatic carbocycles. The monoisotopic (exact) mass is 436 g/mol. The maximum atomic E-state index is 12.6. The SMILES string of the molecule is CCNC(=NCC(C)(C)N1CCOCC1)NCCN1CCN(C(=O)C2CCCC2)CC1. The van der Waals surface area contributed by atoms with Crippen LogP contribution in [0.4, 0.5) is 0 Å². The Morgan fingerprint density at radius 2 is 1.71 bits per heavy atom. The van der Waals surface area contributed by atoms with E-state index in [1.165, 1.54) is 12.8 Å². The van der Waals surface area contributed by atoms with E-state index in [2.05, 4.69) is 46.1 Å². The van der Waals surface area contributed by atoms with Gasteiger partial charge in [-0.25, -0.2) is 0 Å². The van der Waals surface area contributed by atoms with Gasteiger partial charge in [0, 0.05) is 70.4 Å². The van der Waals surface area contributed by atoms with Crippen LogP contribution in [0.25, 0.3) is 0 Å². The molecule has 31 heavy (non-hydrogen) atoms. The Morgan fingerprint density at radius 1 is 1.03 bits per heavy atom. The van der Waals surface area contributed by atoms with Crippen LogP contribution in [0.1, 0.15) is 46.5 Å². The molecule has 3 fully saturated rings. The van der Waals surface area contributed by atoms with E-state index in [4.69, 9.17) is 9.73 Å². The molecule has 0 radical (unpaired) electrons. The molecular formula is C23H44N6O2. The molecule has 0 aromatic rings. The topological polar surface area (TPSA) is 72.4 Å². The van der Waals surface area contributed by atoms with Gasteiger partial charge in [0.2, 0.25) is 5.91 Å². The maximum Gasteiger partial charge on any atom is 0.225 e. The van der Waals surface area contributed by atoms with E-state index in [-0.39, 0.29) is 5.54 Å². The minimum absolute atomic E-state index is 0.0221. The molecule has 2 saturated heterocycles. The number of piperazine rings is 1. The lowest BCUT2D eigenvalue weighted by Gasteiger charge is -2.40. The van der Waals surface area contributed by atoms with Gasteiger partial charge in [0.05, 0.1) is 19.8 Å². The van der Waals surface area contributed by atoms with Gasteiger partial charge in [0.15, 0.2) is 5.96 Å². The highest BCUT2D eigenvalue weighted by Crippen LogP contribution is 2.26. The highest BCUT2D eigenvalue weighted by atomic mass is 16.5. The quantitative estimate of drug-likeness (QED) is 0.437. The molecule has 8 heteroatoms. The fourth-order valence-corrected chi connectivity index (χ4v) is 4.84. The van der Waals surface area contributed by atoms with Gasteiger partial charge in [0.1, 0.15) is 0 Å². The van der Waals surface area contributed by atoms with Crippen molar-refractivity contribution in [3.63, 3.8) is 0 Å². The van der Waals surface area contributed by atoms with Crippen LogP contribution in [0, 0.1) is 5.92 Å². The van der Waals surface area contributed by atoms with E-state index >= 15 is 0 Å². The van der Waals surface area contributed by atoms with Gasteiger partial charge in [-0.2, -0.15) is 0 Å². The van der Waals surface area contributed by atoms with Crippen molar-refractivity contribution in [3.05, 3.63) is 0 Å². The summed E-state index contributed by atoms with van der Waals surface area (Å²) in [7, 11) is 0. The van der Waals surface area contributed by atoms with E-state index in [0.717, 1.165) is 97.5 Å². The molecule has 0 aromatic heterocycles. The number of morpholine rings is 1. The average Bonchev–Trinajstić information content (AvgIpc) is 3.33. The highest BCUT2D eigenvalue weighted by molar-refractivity contribution is 5.80. The maximum absolute atomic E-state index is 12.6. The van der Waals surface area contributed by atoms with Crippen molar-refractivity contribution < 1.29 is 9.53 Å². The molecule has 2 N–H and O–H groups in total. The third-order valence-electron chi connectivity index (χ3n) is 6.94. The molecule has 0 bridgehead atoms. The molecule has 1 amide bonds. The van der Waals surface area contributed by atoms with Crippen LogP contribution in [0.5, 0.6) is 0 Å². The summed E-state index contributed by atoms with van der Waals surface area (Å²) in [6.45, 7) is 17.3. The molecule has 3 rings (SSSR count). The van der Waals surface area contributed by atoms with Gasteiger partial charge >= 0.3 is 0 Å². The molecule has 2 heterocycles. The third-order valence-corrected chi connectivity index (χ3v) is 6.94. The van der Waals surface area contributed by atoms with Crippen molar-refractivity contribution in [2.45, 2.75) is 52.0 Å². The minimum atomic E-state index is 0.0221. The van der Waals surface area contributed by atoms with Gasteiger partial charge in [0.25, 0.3) is 0 Å². The minimum Gasteiger partial charge on any atom is -0.379 e. The first-order valence-corrected chi connectivity index (χ1v) is 12.4. The van der Waals surface area contributed by atoms with Crippen molar-refractivity contribution in [2.75, 3.05) is 78.7 Å². The molecule has 1 saturated carbocycles. The Labute approximate surface area is 188 Å². The number of nitrogens with one attached hydrogen (secondary N) is 2. The fourth-order valence-electron chi connectivity index (χ4n) is 4.84. The van der Waals surface area contributed by atoms with Crippen molar-refractivity contribution in [1.29, 1.82) is 0 Å². The summed E-state index contributed by atoms with van der Waals surface area (Å²) >= 11 is 0. The van der Waals surface area contributed by atoms with E-state index in [0.29, 0.717) is 11.8 Å². The number of aliphatic imine (C=N–C) groups is 1. The normalized spacial score (nSPS) is 22.7. The Kier molecular flexibility index (Phi) is 9.41. The summed E-state index contributed by atoms with van der Waals surface area (Å²) < 4.78 is 5.49. The molecule has 178 valence electrons. The van der Waals surface area contributed by atoms with Crippen LogP contribution in [0.3, 0.4) is 0 Å². The Bertz CT molecular complexity index is 577. The third kappa shape index (κ3) is 7.32. The highest BCUT2D eigenvalue weighted by Gasteiger charge is 2.30. The van der Waals surface area contributed by atoms with Crippen LogP contribution in [0.2, 0.25) is 0 Å². The number of hydrogen-bond donors (Lipinski definition) is 2. The fraction of sp³-hybridized carbons (Fsp3) is 0.913. The van der Waals surface area contributed by atoms with E-state index in [1.807, 2.05) is 0 Å². The number of hydrogen-bond acceptors (Lipinski definition) is 5. The summed E-state index contributed by atoms with van der Waals surface area (Å²) in [5, 5.41) is 6.87. The van der Waals surface area contributed by atoms with Crippen LogP contribution < -0.4 is 10.6 Å². The van der Waals surface area contributed by atoms with E-state index < -0.39 is 0 Å². The smallest absolute Gasteiger partial charge is 0.225 e. The molecular weight excluding hydrogens is 392 g/mol. The lowest BCUT2D eigenvalue weighted by molar-refractivity contribution is -0.137. The van der Waals surface area contributed by atoms with E-state index in [1.54, 1.807) is 0 Å². The predicted molar refractivity (Wildman–Crippen MR) is 125 cm³/mol. The lowest BCUT2D eigenvalue weighted by Crippen LogP contribution is -2.53. The van der Waals surface area contributed by atoms with Gasteiger partial charge in [-0.05, 0) is 33.6 Å². The first-order valence-electron chi connectivity index (χ1n) is 12.4. The number of guanidine groups is 1. The zero-order valence-corrected chi connectivity index (χ0v) is 20.0. The van der Waals surface area contributed by atoms with Crippen LogP contribution in [-0.4, -0.2) is 111 Å². The number of amides is 1. The molecule has 0 spiro atoms. The second-order valence-electron chi connectivity index (χ2n) is 9.68. The first kappa shape index (κ1) is 24.3. The summed E-state index contributed by atoms with van der Waals surface area (Å²) in [5.41, 5.74) is 0.0221. The zero-order chi connectivity index (χ0) is 22.1. The molecule has 2 aliphatic heterocycles. The lowest BCUT2D eigenvalue weighted by atomic mass is 10.0. The molecule has 8 nitrogen and oxygen atoms in total. The van der Waals surface area contributed by atoms with Gasteiger partial charge in [-0.3, -0.25) is 19.6 Å². The van der Waals surface area contributed by atoms with Gasteiger partial charge < -0.3 is 20.3 Å². The molecule has 0 atom stereocenters. The van der Waals surface area contributed by atoms with Crippen LogP contribution in [0.15, 0.2) is 4.99 Å². The van der Waals surface area contributed by atoms with Crippen molar-refractivity contribution >= 4 is 11.9 Å². The Balaban J connectivity index is 1.38. The number of carbonyl (C=O) groups is 1. The number of rotatable bonds is 8. The second kappa shape index (κ2) is 12.0. The average molecular weight is 437 g/mol. The summed E-state index contributed by atoms with van der Waals surface area (Å²) in [4.78, 5) is 24.5. The van der Waals surface area contributed by atoms with Gasteiger partial charge in [-0.1, -0.05) is 12.8 Å². The molecule has 0 unspecified atom stereocenters. The van der Waals surface area contributed by atoms with Crippen molar-refractivity contribution in [2.24, 2.45) is 10.9 Å². The van der Waals surface area contributed by atoms with Crippen LogP contribution in [-0.2, 0) is 9.53 Å². The number of carbonyl (C=O) groups excluding carboxylic acids is 1. The Hall–Kier alpha value is -1.38. The number of nitrogens with zero attached hydrogens (tertiary/aromatic N) is 4. The summed E-state index contributed by atoms with van der Waals surface area (Å²) in [6, 6.07) is 0. The second-order valence-corrected chi connectivity index (χ2v) is 9.68. The van der Waals surface area contributed by atoms with Crippen molar-refractivity contribution in [3.8, 4) is 0 Å². The standard InChI is InChI=1S/C23H44N6O2/c1-4-24-22(26-19-23(2,3)29-15-17-31-18-16-29)25-9-10-27-11-13-28(14-12-27)21(30)20-7-5-6-8-20/h20H,4-19H2,1-3H3,(H2,24,25,26). The summed E-state index contributed by atoms with van der Waals surface area (Å²) in [5.74, 6) is 1.59. The number of ether oxygens (including phenoxy) is 1.